The molecule has 0 unspecified atom stereocenters. The zero-order valence-electron chi connectivity index (χ0n) is 15.2. The Hall–Kier alpha value is -3.21. The molecule has 0 aliphatic heterocycles. The molecule has 2 heterocycles. The fraction of sp³-hybridized carbons (Fsp3) is 0.190. The third-order valence-corrected chi connectivity index (χ3v) is 4.67. The van der Waals surface area contributed by atoms with Gasteiger partial charge in [0.15, 0.2) is 0 Å². The van der Waals surface area contributed by atoms with Crippen molar-refractivity contribution in [1.82, 2.24) is 19.7 Å². The number of hydrogen-bond donors (Lipinski definition) is 0. The third-order valence-electron chi connectivity index (χ3n) is 4.67. The van der Waals surface area contributed by atoms with Crippen molar-refractivity contribution in [2.24, 2.45) is 0 Å². The lowest BCUT2D eigenvalue weighted by Crippen LogP contribution is -2.19. The Kier molecular flexibility index (Phi) is 4.13. The number of aryl methyl sites for hydroxylation is 1. The smallest absolute Gasteiger partial charge is 0.253 e. The fourth-order valence-electron chi connectivity index (χ4n) is 3.09. The average Bonchev–Trinajstić information content (AvgIpc) is 3.21. The van der Waals surface area contributed by atoms with Crippen LogP contribution in [0.5, 0.6) is 0 Å². The van der Waals surface area contributed by atoms with Gasteiger partial charge in [-0.15, -0.1) is 0 Å². The van der Waals surface area contributed by atoms with Crippen molar-refractivity contribution in [2.75, 3.05) is 18.5 Å². The standard InChI is InChI=1S/C21H21N5/c1-4-25(3)20-18-14-16(17-9-6-5-8-15(17)2)10-11-19(18)23-21(24-20)26-13-7-12-22-26/h5-14H,4H2,1-3H3. The van der Waals surface area contributed by atoms with Crippen LogP contribution in [0, 0.1) is 6.92 Å². The van der Waals surface area contributed by atoms with Crippen LogP contribution in [0.4, 0.5) is 5.82 Å². The number of fused-ring (bicyclic) bond motifs is 1. The summed E-state index contributed by atoms with van der Waals surface area (Å²) in [6.07, 6.45) is 3.59. The molecule has 0 N–H and O–H groups in total. The van der Waals surface area contributed by atoms with E-state index in [1.807, 2.05) is 12.3 Å². The van der Waals surface area contributed by atoms with E-state index in [1.54, 1.807) is 10.9 Å². The zero-order chi connectivity index (χ0) is 18.1. The van der Waals surface area contributed by atoms with Crippen LogP contribution in [0.25, 0.3) is 28.0 Å². The van der Waals surface area contributed by atoms with Crippen LogP contribution in [0.2, 0.25) is 0 Å². The maximum absolute atomic E-state index is 4.79. The normalized spacial score (nSPS) is 11.0. The Morgan fingerprint density at radius 1 is 1.04 bits per heavy atom. The first-order valence-corrected chi connectivity index (χ1v) is 8.76. The predicted octanol–water partition coefficient (Wildman–Crippen LogP) is 4.25. The molecule has 26 heavy (non-hydrogen) atoms. The molecular formula is C21H21N5. The number of benzene rings is 2. The Bertz CT molecular complexity index is 1050. The maximum atomic E-state index is 4.79. The van der Waals surface area contributed by atoms with Gasteiger partial charge in [-0.25, -0.2) is 9.67 Å². The lowest BCUT2D eigenvalue weighted by molar-refractivity contribution is 0.807. The summed E-state index contributed by atoms with van der Waals surface area (Å²) in [7, 11) is 2.05. The van der Waals surface area contributed by atoms with E-state index in [0.29, 0.717) is 5.95 Å². The average molecular weight is 343 g/mol. The van der Waals surface area contributed by atoms with E-state index in [-0.39, 0.29) is 0 Å². The summed E-state index contributed by atoms with van der Waals surface area (Å²) in [6.45, 7) is 5.11. The van der Waals surface area contributed by atoms with Gasteiger partial charge in [0, 0.05) is 31.4 Å². The van der Waals surface area contributed by atoms with E-state index in [4.69, 9.17) is 9.97 Å². The highest BCUT2D eigenvalue weighted by Crippen LogP contribution is 2.30. The van der Waals surface area contributed by atoms with Gasteiger partial charge in [-0.1, -0.05) is 30.3 Å². The van der Waals surface area contributed by atoms with Crippen molar-refractivity contribution in [3.05, 3.63) is 66.5 Å². The minimum Gasteiger partial charge on any atom is -0.359 e. The zero-order valence-corrected chi connectivity index (χ0v) is 15.2. The first-order valence-electron chi connectivity index (χ1n) is 8.76. The first kappa shape index (κ1) is 16.3. The molecule has 0 saturated carbocycles. The summed E-state index contributed by atoms with van der Waals surface area (Å²) in [5, 5.41) is 5.32. The lowest BCUT2D eigenvalue weighted by Gasteiger charge is -2.19. The molecule has 0 aliphatic rings. The van der Waals surface area contributed by atoms with Gasteiger partial charge in [0.05, 0.1) is 5.52 Å². The van der Waals surface area contributed by atoms with Crippen molar-refractivity contribution in [2.45, 2.75) is 13.8 Å². The Labute approximate surface area is 152 Å². The molecule has 130 valence electrons. The van der Waals surface area contributed by atoms with Gasteiger partial charge >= 0.3 is 0 Å². The van der Waals surface area contributed by atoms with Gasteiger partial charge in [0.1, 0.15) is 5.82 Å². The van der Waals surface area contributed by atoms with Crippen LogP contribution < -0.4 is 4.90 Å². The molecule has 0 radical (unpaired) electrons. The maximum Gasteiger partial charge on any atom is 0.253 e. The van der Waals surface area contributed by atoms with Crippen LogP contribution in [0.15, 0.2) is 60.9 Å². The van der Waals surface area contributed by atoms with Crippen LogP contribution in [-0.2, 0) is 0 Å². The summed E-state index contributed by atoms with van der Waals surface area (Å²) in [5.74, 6) is 1.50. The second-order valence-corrected chi connectivity index (χ2v) is 6.36. The van der Waals surface area contributed by atoms with E-state index >= 15 is 0 Å². The first-order chi connectivity index (χ1) is 12.7. The summed E-state index contributed by atoms with van der Waals surface area (Å²) in [4.78, 5) is 11.6. The molecule has 0 fully saturated rings. The third kappa shape index (κ3) is 2.81. The van der Waals surface area contributed by atoms with Crippen LogP contribution in [0.1, 0.15) is 12.5 Å². The molecule has 0 atom stereocenters. The molecule has 5 nitrogen and oxygen atoms in total. The molecule has 2 aromatic heterocycles. The number of anilines is 1. The van der Waals surface area contributed by atoms with Gasteiger partial charge in [-0.05, 0) is 48.7 Å². The minimum absolute atomic E-state index is 0.585. The van der Waals surface area contributed by atoms with E-state index < -0.39 is 0 Å². The molecule has 0 amide bonds. The number of aromatic nitrogens is 4. The van der Waals surface area contributed by atoms with E-state index in [1.165, 1.54) is 16.7 Å². The fourth-order valence-corrected chi connectivity index (χ4v) is 3.09. The Morgan fingerprint density at radius 3 is 2.62 bits per heavy atom. The van der Waals surface area contributed by atoms with Crippen molar-refractivity contribution in [3.8, 4) is 17.1 Å². The van der Waals surface area contributed by atoms with Crippen LogP contribution in [-0.4, -0.2) is 33.3 Å². The highest BCUT2D eigenvalue weighted by atomic mass is 15.3. The van der Waals surface area contributed by atoms with Crippen molar-refractivity contribution in [3.63, 3.8) is 0 Å². The lowest BCUT2D eigenvalue weighted by atomic mass is 9.99. The van der Waals surface area contributed by atoms with Crippen molar-refractivity contribution >= 4 is 16.7 Å². The molecule has 0 saturated heterocycles. The number of rotatable bonds is 4. The predicted molar refractivity (Wildman–Crippen MR) is 106 cm³/mol. The van der Waals surface area contributed by atoms with Gasteiger partial charge in [-0.3, -0.25) is 0 Å². The van der Waals surface area contributed by atoms with Crippen LogP contribution in [0.3, 0.4) is 0 Å². The van der Waals surface area contributed by atoms with Gasteiger partial charge < -0.3 is 4.90 Å². The van der Waals surface area contributed by atoms with Crippen LogP contribution >= 0.6 is 0 Å². The Balaban J connectivity index is 1.95. The largest absolute Gasteiger partial charge is 0.359 e. The molecular weight excluding hydrogens is 322 g/mol. The quantitative estimate of drug-likeness (QED) is 0.556. The second kappa shape index (κ2) is 6.59. The number of hydrogen-bond acceptors (Lipinski definition) is 4. The monoisotopic (exact) mass is 343 g/mol. The summed E-state index contributed by atoms with van der Waals surface area (Å²) in [5.41, 5.74) is 4.58. The number of nitrogens with zero attached hydrogens (tertiary/aromatic N) is 5. The highest BCUT2D eigenvalue weighted by molar-refractivity contribution is 5.93. The van der Waals surface area contributed by atoms with Gasteiger partial charge in [0.2, 0.25) is 0 Å². The molecule has 2 aromatic carbocycles. The molecule has 4 aromatic rings. The van der Waals surface area contributed by atoms with Crippen molar-refractivity contribution in [1.29, 1.82) is 0 Å². The van der Waals surface area contributed by atoms with E-state index in [9.17, 15) is 0 Å². The molecule has 5 heteroatoms. The van der Waals surface area contributed by atoms with E-state index in [0.717, 1.165) is 23.3 Å². The second-order valence-electron chi connectivity index (χ2n) is 6.36. The summed E-state index contributed by atoms with van der Waals surface area (Å²) < 4.78 is 1.70. The molecule has 0 bridgehead atoms. The SMILES string of the molecule is CCN(C)c1nc(-n2cccn2)nc2ccc(-c3ccccc3C)cc12. The summed E-state index contributed by atoms with van der Waals surface area (Å²) in [6, 6.07) is 16.7. The molecule has 4 rings (SSSR count). The minimum atomic E-state index is 0.585. The van der Waals surface area contributed by atoms with Gasteiger partial charge in [-0.2, -0.15) is 10.1 Å². The molecule has 0 spiro atoms. The summed E-state index contributed by atoms with van der Waals surface area (Å²) >= 11 is 0. The molecule has 0 aliphatic carbocycles. The van der Waals surface area contributed by atoms with E-state index in [2.05, 4.69) is 73.4 Å². The highest BCUT2D eigenvalue weighted by Gasteiger charge is 2.14. The van der Waals surface area contributed by atoms with Gasteiger partial charge in [0.25, 0.3) is 5.95 Å². The van der Waals surface area contributed by atoms with Crippen molar-refractivity contribution < 1.29 is 0 Å². The topological polar surface area (TPSA) is 46.8 Å². The Morgan fingerprint density at radius 2 is 1.88 bits per heavy atom.